The van der Waals surface area contributed by atoms with Gasteiger partial charge in [0, 0.05) is 0 Å². The Kier molecular flexibility index (Phi) is 5.95. The molecule has 0 amide bonds. The second-order valence-electron chi connectivity index (χ2n) is 6.36. The van der Waals surface area contributed by atoms with Gasteiger partial charge in [-0.1, -0.05) is 19.9 Å². The topological polar surface area (TPSA) is 116 Å². The van der Waals surface area contributed by atoms with E-state index < -0.39 is 36.7 Å². The van der Waals surface area contributed by atoms with Crippen LogP contribution in [-0.2, 0) is 9.47 Å². The maximum atomic E-state index is 12.1. The Morgan fingerprint density at radius 2 is 1.83 bits per heavy atom. The number of carbonyl (C=O) groups is 1. The molecule has 1 aromatic rings. The minimum atomic E-state index is -1.65. The molecule has 1 unspecified atom stereocenters. The first-order valence-electron chi connectivity index (χ1n) is 7.87. The summed E-state index contributed by atoms with van der Waals surface area (Å²) in [5, 5.41) is 38.3. The van der Waals surface area contributed by atoms with Crippen LogP contribution in [0, 0.1) is 6.92 Å². The van der Waals surface area contributed by atoms with Gasteiger partial charge in [0.15, 0.2) is 6.29 Å². The van der Waals surface area contributed by atoms with Gasteiger partial charge < -0.3 is 29.9 Å². The van der Waals surface area contributed by atoms with E-state index in [0.717, 1.165) is 11.1 Å². The van der Waals surface area contributed by atoms with Crippen molar-refractivity contribution >= 4 is 5.97 Å². The lowest BCUT2D eigenvalue weighted by Crippen LogP contribution is -2.58. The van der Waals surface area contributed by atoms with Crippen LogP contribution in [0.4, 0.5) is 0 Å². The number of aryl methyl sites for hydroxylation is 1. The molecule has 0 radical (unpaired) electrons. The Morgan fingerprint density at radius 3 is 2.42 bits per heavy atom. The second-order valence-corrected chi connectivity index (χ2v) is 6.36. The molecule has 1 saturated heterocycles. The predicted molar refractivity (Wildman–Crippen MR) is 84.5 cm³/mol. The number of rotatable bonds is 4. The molecule has 5 atom stereocenters. The van der Waals surface area contributed by atoms with E-state index in [1.165, 1.54) is 0 Å². The number of aliphatic hydroxyl groups excluding tert-OH is 4. The molecule has 0 spiro atoms. The summed E-state index contributed by atoms with van der Waals surface area (Å²) in [4.78, 5) is 12.1. The maximum absolute atomic E-state index is 12.1. The van der Waals surface area contributed by atoms with Gasteiger partial charge >= 0.3 is 5.97 Å². The van der Waals surface area contributed by atoms with Crippen LogP contribution in [0.15, 0.2) is 18.2 Å². The Morgan fingerprint density at radius 1 is 1.17 bits per heavy atom. The molecule has 0 aromatic heterocycles. The Balaban J connectivity index is 1.99. The van der Waals surface area contributed by atoms with Crippen molar-refractivity contribution in [2.24, 2.45) is 0 Å². The molecule has 0 aliphatic carbocycles. The molecular weight excluding hydrogens is 316 g/mol. The largest absolute Gasteiger partial charge is 0.459 e. The molecule has 1 heterocycles. The third-order valence-electron chi connectivity index (χ3n) is 4.19. The molecule has 1 aromatic carbocycles. The number of hydrogen-bond donors (Lipinski definition) is 4. The SMILES string of the molecule is Cc1cc(C(=O)OC[C@H]2OC(O)[C@H](O)[C@@H](O)[C@@H]2O)ccc1C(C)C. The van der Waals surface area contributed by atoms with E-state index in [9.17, 15) is 25.2 Å². The summed E-state index contributed by atoms with van der Waals surface area (Å²) in [6.45, 7) is 5.68. The van der Waals surface area contributed by atoms with Gasteiger partial charge in [0.25, 0.3) is 0 Å². The van der Waals surface area contributed by atoms with E-state index >= 15 is 0 Å². The quantitative estimate of drug-likeness (QED) is 0.573. The van der Waals surface area contributed by atoms with E-state index in [2.05, 4.69) is 13.8 Å². The van der Waals surface area contributed by atoms with E-state index in [1.807, 2.05) is 13.0 Å². The summed E-state index contributed by atoms with van der Waals surface area (Å²) in [7, 11) is 0. The molecule has 134 valence electrons. The van der Waals surface area contributed by atoms with E-state index in [0.29, 0.717) is 11.5 Å². The fourth-order valence-electron chi connectivity index (χ4n) is 2.76. The number of benzene rings is 1. The Bertz CT molecular complexity index is 586. The lowest BCUT2D eigenvalue weighted by atomic mass is 9.96. The van der Waals surface area contributed by atoms with Crippen molar-refractivity contribution < 1.29 is 34.7 Å². The van der Waals surface area contributed by atoms with Crippen LogP contribution in [0.2, 0.25) is 0 Å². The van der Waals surface area contributed by atoms with E-state index in [-0.39, 0.29) is 6.61 Å². The molecule has 4 N–H and O–H groups in total. The molecule has 1 aliphatic heterocycles. The smallest absolute Gasteiger partial charge is 0.338 e. The molecule has 1 aliphatic rings. The minimum absolute atomic E-state index is 0.343. The fourth-order valence-corrected chi connectivity index (χ4v) is 2.76. The van der Waals surface area contributed by atoms with Crippen molar-refractivity contribution in [3.8, 4) is 0 Å². The number of ether oxygens (including phenoxy) is 2. The zero-order valence-electron chi connectivity index (χ0n) is 13.9. The summed E-state index contributed by atoms with van der Waals surface area (Å²) < 4.78 is 10.1. The van der Waals surface area contributed by atoms with Crippen LogP contribution in [0.1, 0.15) is 41.3 Å². The van der Waals surface area contributed by atoms with Crippen LogP contribution < -0.4 is 0 Å². The number of hydrogen-bond acceptors (Lipinski definition) is 7. The number of esters is 1. The van der Waals surface area contributed by atoms with E-state index in [1.54, 1.807) is 12.1 Å². The summed E-state index contributed by atoms with van der Waals surface area (Å²) in [6, 6.07) is 5.26. The molecule has 0 bridgehead atoms. The molecule has 2 rings (SSSR count). The average Bonchev–Trinajstić information content (AvgIpc) is 2.54. The van der Waals surface area contributed by atoms with Gasteiger partial charge in [-0.3, -0.25) is 0 Å². The molecule has 7 nitrogen and oxygen atoms in total. The summed E-state index contributed by atoms with van der Waals surface area (Å²) in [6.07, 6.45) is -7.44. The monoisotopic (exact) mass is 340 g/mol. The lowest BCUT2D eigenvalue weighted by molar-refractivity contribution is -0.286. The van der Waals surface area contributed by atoms with Crippen molar-refractivity contribution in [2.45, 2.75) is 57.4 Å². The Labute approximate surface area is 140 Å². The zero-order chi connectivity index (χ0) is 18.0. The van der Waals surface area contributed by atoms with Crippen molar-refractivity contribution in [2.75, 3.05) is 6.61 Å². The molecule has 0 saturated carbocycles. The van der Waals surface area contributed by atoms with E-state index in [4.69, 9.17) is 9.47 Å². The van der Waals surface area contributed by atoms with Gasteiger partial charge in [-0.05, 0) is 36.1 Å². The van der Waals surface area contributed by atoms with Gasteiger partial charge in [-0.15, -0.1) is 0 Å². The fraction of sp³-hybridized carbons (Fsp3) is 0.588. The number of aliphatic hydroxyl groups is 4. The van der Waals surface area contributed by atoms with Crippen LogP contribution >= 0.6 is 0 Å². The third-order valence-corrected chi connectivity index (χ3v) is 4.19. The van der Waals surface area contributed by atoms with Crippen molar-refractivity contribution in [3.05, 3.63) is 34.9 Å². The first-order valence-corrected chi connectivity index (χ1v) is 7.87. The highest BCUT2D eigenvalue weighted by atomic mass is 16.6. The van der Waals surface area contributed by atoms with Crippen molar-refractivity contribution in [1.82, 2.24) is 0 Å². The van der Waals surface area contributed by atoms with Crippen LogP contribution in [0.3, 0.4) is 0 Å². The Hall–Kier alpha value is -1.51. The van der Waals surface area contributed by atoms with Crippen LogP contribution in [0.5, 0.6) is 0 Å². The first kappa shape index (κ1) is 18.8. The summed E-state index contributed by atoms with van der Waals surface area (Å²) >= 11 is 0. The summed E-state index contributed by atoms with van der Waals surface area (Å²) in [5.74, 6) is -0.255. The highest BCUT2D eigenvalue weighted by molar-refractivity contribution is 5.89. The van der Waals surface area contributed by atoms with Gasteiger partial charge in [-0.2, -0.15) is 0 Å². The molecule has 1 fully saturated rings. The third kappa shape index (κ3) is 3.93. The highest BCUT2D eigenvalue weighted by Gasteiger charge is 2.43. The maximum Gasteiger partial charge on any atom is 0.338 e. The normalized spacial score (nSPS) is 30.4. The molecular formula is C17H24O7. The van der Waals surface area contributed by atoms with Gasteiger partial charge in [0.1, 0.15) is 31.0 Å². The zero-order valence-corrected chi connectivity index (χ0v) is 13.9. The lowest BCUT2D eigenvalue weighted by Gasteiger charge is -2.37. The average molecular weight is 340 g/mol. The van der Waals surface area contributed by atoms with Gasteiger partial charge in [0.05, 0.1) is 5.56 Å². The van der Waals surface area contributed by atoms with Crippen LogP contribution in [-0.4, -0.2) is 63.7 Å². The standard InChI is InChI=1S/C17H24O7/c1-8(2)11-5-4-10(6-9(11)3)16(21)23-7-12-13(18)14(19)15(20)17(22)24-12/h4-6,8,12-15,17-20,22H,7H2,1-3H3/t12-,13-,14+,15-,17?/m1/s1. The minimum Gasteiger partial charge on any atom is -0.459 e. The van der Waals surface area contributed by atoms with Crippen LogP contribution in [0.25, 0.3) is 0 Å². The van der Waals surface area contributed by atoms with Crippen molar-refractivity contribution in [3.63, 3.8) is 0 Å². The number of carbonyl (C=O) groups excluding carboxylic acids is 1. The molecule has 7 heteroatoms. The van der Waals surface area contributed by atoms with Gasteiger partial charge in [-0.25, -0.2) is 4.79 Å². The van der Waals surface area contributed by atoms with Gasteiger partial charge in [0.2, 0.25) is 0 Å². The molecule has 24 heavy (non-hydrogen) atoms. The highest BCUT2D eigenvalue weighted by Crippen LogP contribution is 2.22. The predicted octanol–water partition coefficient (Wildman–Crippen LogP) is 0.0751. The van der Waals surface area contributed by atoms with Crippen molar-refractivity contribution in [1.29, 1.82) is 0 Å². The first-order chi connectivity index (χ1) is 11.2. The second kappa shape index (κ2) is 7.58. The summed E-state index contributed by atoms with van der Waals surface area (Å²) in [5.41, 5.74) is 2.48.